The predicted octanol–water partition coefficient (Wildman–Crippen LogP) is 2.00. The average molecular weight is 339 g/mol. The molecule has 0 spiro atoms. The van der Waals surface area contributed by atoms with Gasteiger partial charge in [-0.3, -0.25) is 4.79 Å². The number of rotatable bonds is 4. The Morgan fingerprint density at radius 1 is 1.53 bits per heavy atom. The van der Waals surface area contributed by atoms with E-state index in [2.05, 4.69) is 31.9 Å². The van der Waals surface area contributed by atoms with Crippen LogP contribution in [-0.4, -0.2) is 23.7 Å². The number of carboxylic acid groups (broad SMARTS) is 1. The number of halogens is 2. The molecule has 15 heavy (non-hydrogen) atoms. The molecule has 0 amide bonds. The average Bonchev–Trinajstić information content (AvgIpc) is 2.15. The Morgan fingerprint density at radius 2 is 2.20 bits per heavy atom. The van der Waals surface area contributed by atoms with E-state index in [0.29, 0.717) is 5.75 Å². The van der Waals surface area contributed by atoms with Crippen molar-refractivity contribution in [1.82, 2.24) is 0 Å². The quantitative estimate of drug-likeness (QED) is 0.880. The first-order valence-electron chi connectivity index (χ1n) is 4.07. The van der Waals surface area contributed by atoms with Gasteiger partial charge in [-0.2, -0.15) is 0 Å². The van der Waals surface area contributed by atoms with Crippen molar-refractivity contribution in [3.05, 3.63) is 27.1 Å². The zero-order valence-corrected chi connectivity index (χ0v) is 10.8. The van der Waals surface area contributed by atoms with E-state index in [0.717, 1.165) is 8.95 Å². The largest absolute Gasteiger partial charge is 0.490 e. The zero-order valence-electron chi connectivity index (χ0n) is 7.61. The number of nitrogens with two attached hydrogens (primary N) is 1. The predicted molar refractivity (Wildman–Crippen MR) is 62.9 cm³/mol. The molecule has 1 atom stereocenters. The van der Waals surface area contributed by atoms with E-state index in [4.69, 9.17) is 15.6 Å². The third kappa shape index (κ3) is 3.81. The van der Waals surface area contributed by atoms with Crippen molar-refractivity contribution in [2.75, 3.05) is 6.61 Å². The van der Waals surface area contributed by atoms with Crippen LogP contribution in [0.15, 0.2) is 27.1 Å². The fourth-order valence-electron chi connectivity index (χ4n) is 0.843. The van der Waals surface area contributed by atoms with Crippen LogP contribution in [0.25, 0.3) is 0 Å². The summed E-state index contributed by atoms with van der Waals surface area (Å²) in [4.78, 5) is 10.4. The third-order valence-electron chi connectivity index (χ3n) is 1.63. The molecule has 1 unspecified atom stereocenters. The Bertz CT molecular complexity index is 370. The van der Waals surface area contributed by atoms with Gasteiger partial charge in [0.2, 0.25) is 0 Å². The van der Waals surface area contributed by atoms with Crippen LogP contribution in [0.5, 0.6) is 5.75 Å². The van der Waals surface area contributed by atoms with Gasteiger partial charge >= 0.3 is 5.97 Å². The summed E-state index contributed by atoms with van der Waals surface area (Å²) in [6.45, 7) is -0.0600. The van der Waals surface area contributed by atoms with E-state index in [-0.39, 0.29) is 6.61 Å². The molecule has 3 N–H and O–H groups in total. The lowest BCUT2D eigenvalue weighted by molar-refractivity contribution is -0.139. The molecule has 0 radical (unpaired) electrons. The van der Waals surface area contributed by atoms with Crippen molar-refractivity contribution in [3.63, 3.8) is 0 Å². The minimum atomic E-state index is -1.08. The second-order valence-corrected chi connectivity index (χ2v) is 4.60. The number of hydrogen-bond donors (Lipinski definition) is 2. The number of benzene rings is 1. The molecule has 82 valence electrons. The highest BCUT2D eigenvalue weighted by molar-refractivity contribution is 9.11. The first-order chi connectivity index (χ1) is 7.00. The summed E-state index contributed by atoms with van der Waals surface area (Å²) in [5.41, 5.74) is 5.30. The lowest BCUT2D eigenvalue weighted by atomic mass is 10.3. The molecule has 0 heterocycles. The van der Waals surface area contributed by atoms with Crippen LogP contribution in [0.1, 0.15) is 0 Å². The second kappa shape index (κ2) is 5.48. The van der Waals surface area contributed by atoms with Crippen molar-refractivity contribution in [1.29, 1.82) is 0 Å². The van der Waals surface area contributed by atoms with Crippen molar-refractivity contribution in [2.45, 2.75) is 6.04 Å². The molecule has 0 aliphatic carbocycles. The molecule has 1 aromatic rings. The van der Waals surface area contributed by atoms with Crippen LogP contribution in [0.3, 0.4) is 0 Å². The molecule has 0 aliphatic heterocycles. The molecule has 0 saturated heterocycles. The van der Waals surface area contributed by atoms with Crippen molar-refractivity contribution in [2.24, 2.45) is 5.73 Å². The van der Waals surface area contributed by atoms with Gasteiger partial charge in [-0.15, -0.1) is 0 Å². The van der Waals surface area contributed by atoms with Gasteiger partial charge < -0.3 is 15.6 Å². The van der Waals surface area contributed by atoms with Crippen molar-refractivity contribution in [3.8, 4) is 5.75 Å². The molecule has 0 aromatic heterocycles. The molecule has 1 rings (SSSR count). The maximum atomic E-state index is 10.4. The Morgan fingerprint density at radius 3 is 2.73 bits per heavy atom. The van der Waals surface area contributed by atoms with Gasteiger partial charge in [0.1, 0.15) is 18.4 Å². The molecule has 1 aromatic carbocycles. The van der Waals surface area contributed by atoms with Crippen LogP contribution >= 0.6 is 31.9 Å². The van der Waals surface area contributed by atoms with Gasteiger partial charge in [0.25, 0.3) is 0 Å². The van der Waals surface area contributed by atoms with Crippen LogP contribution in [0.4, 0.5) is 0 Å². The normalized spacial score (nSPS) is 12.2. The molecule has 0 fully saturated rings. The Labute approximate surface area is 104 Å². The fourth-order valence-corrected chi connectivity index (χ4v) is 2.00. The Kier molecular flexibility index (Phi) is 4.56. The molecular formula is C9H9Br2NO3. The van der Waals surface area contributed by atoms with Gasteiger partial charge in [-0.05, 0) is 34.1 Å². The summed E-state index contributed by atoms with van der Waals surface area (Å²) >= 11 is 6.59. The smallest absolute Gasteiger partial charge is 0.324 e. The summed E-state index contributed by atoms with van der Waals surface area (Å²) in [6.07, 6.45) is 0. The minimum absolute atomic E-state index is 0.0600. The topological polar surface area (TPSA) is 72.5 Å². The summed E-state index contributed by atoms with van der Waals surface area (Å²) in [5, 5.41) is 8.55. The van der Waals surface area contributed by atoms with Gasteiger partial charge in [0, 0.05) is 4.47 Å². The SMILES string of the molecule is NC(COc1ccc(Br)cc1Br)C(=O)O. The molecule has 4 nitrogen and oxygen atoms in total. The Hall–Kier alpha value is -0.590. The third-order valence-corrected chi connectivity index (χ3v) is 2.74. The zero-order chi connectivity index (χ0) is 11.4. The molecule has 0 saturated carbocycles. The first kappa shape index (κ1) is 12.5. The molecular weight excluding hydrogens is 330 g/mol. The monoisotopic (exact) mass is 337 g/mol. The van der Waals surface area contributed by atoms with E-state index in [1.807, 2.05) is 6.07 Å². The van der Waals surface area contributed by atoms with Gasteiger partial charge in [0.15, 0.2) is 0 Å². The van der Waals surface area contributed by atoms with Crippen LogP contribution in [0, 0.1) is 0 Å². The standard InChI is InChI=1S/C9H9Br2NO3/c10-5-1-2-8(6(11)3-5)15-4-7(12)9(13)14/h1-3,7H,4,12H2,(H,13,14). The Balaban J connectivity index is 2.62. The lowest BCUT2D eigenvalue weighted by Crippen LogP contribution is -2.36. The minimum Gasteiger partial charge on any atom is -0.490 e. The molecule has 6 heteroatoms. The number of carboxylic acids is 1. The fraction of sp³-hybridized carbons (Fsp3) is 0.222. The number of carbonyl (C=O) groups is 1. The van der Waals surface area contributed by atoms with E-state index < -0.39 is 12.0 Å². The van der Waals surface area contributed by atoms with Crippen molar-refractivity contribution < 1.29 is 14.6 Å². The van der Waals surface area contributed by atoms with E-state index >= 15 is 0 Å². The number of ether oxygens (including phenoxy) is 1. The molecule has 0 bridgehead atoms. The maximum Gasteiger partial charge on any atom is 0.324 e. The van der Waals surface area contributed by atoms with E-state index in [1.165, 1.54) is 0 Å². The highest BCUT2D eigenvalue weighted by atomic mass is 79.9. The maximum absolute atomic E-state index is 10.4. The van der Waals surface area contributed by atoms with Crippen LogP contribution in [0.2, 0.25) is 0 Å². The molecule has 0 aliphatic rings. The van der Waals surface area contributed by atoms with Gasteiger partial charge in [-0.25, -0.2) is 0 Å². The number of aliphatic carboxylic acids is 1. The van der Waals surface area contributed by atoms with Gasteiger partial charge in [-0.1, -0.05) is 15.9 Å². The lowest BCUT2D eigenvalue weighted by Gasteiger charge is -2.10. The summed E-state index contributed by atoms with van der Waals surface area (Å²) in [5.74, 6) is -0.516. The first-order valence-corrected chi connectivity index (χ1v) is 5.65. The van der Waals surface area contributed by atoms with E-state index in [1.54, 1.807) is 12.1 Å². The number of hydrogen-bond acceptors (Lipinski definition) is 3. The van der Waals surface area contributed by atoms with Crippen molar-refractivity contribution >= 4 is 37.8 Å². The highest BCUT2D eigenvalue weighted by Crippen LogP contribution is 2.28. The van der Waals surface area contributed by atoms with Crippen LogP contribution in [-0.2, 0) is 4.79 Å². The summed E-state index contributed by atoms with van der Waals surface area (Å²) < 4.78 is 6.89. The summed E-state index contributed by atoms with van der Waals surface area (Å²) in [7, 11) is 0. The van der Waals surface area contributed by atoms with Crippen LogP contribution < -0.4 is 10.5 Å². The van der Waals surface area contributed by atoms with E-state index in [9.17, 15) is 4.79 Å². The summed E-state index contributed by atoms with van der Waals surface area (Å²) in [6, 6.07) is 4.32. The highest BCUT2D eigenvalue weighted by Gasteiger charge is 2.12. The second-order valence-electron chi connectivity index (χ2n) is 2.83. The van der Waals surface area contributed by atoms with Gasteiger partial charge in [0.05, 0.1) is 4.47 Å².